The van der Waals surface area contributed by atoms with Gasteiger partial charge in [0.2, 0.25) is 0 Å². The summed E-state index contributed by atoms with van der Waals surface area (Å²) in [5.41, 5.74) is 3.15. The fourth-order valence-corrected chi connectivity index (χ4v) is 2.37. The third kappa shape index (κ3) is 1.41. The van der Waals surface area contributed by atoms with Crippen LogP contribution >= 0.6 is 9.24 Å². The third-order valence-corrected chi connectivity index (χ3v) is 3.14. The van der Waals surface area contributed by atoms with Gasteiger partial charge in [-0.15, -0.1) is 9.24 Å². The zero-order valence-corrected chi connectivity index (χ0v) is 8.66. The monoisotopic (exact) mass is 178 g/mol. The van der Waals surface area contributed by atoms with Crippen molar-refractivity contribution in [3.8, 4) is 0 Å². The van der Waals surface area contributed by atoms with Crippen molar-refractivity contribution in [2.24, 2.45) is 0 Å². The number of rotatable bonds is 0. The first kappa shape index (κ1) is 8.26. The van der Waals surface area contributed by atoms with Gasteiger partial charge in [-0.05, 0) is 41.6 Å². The normalized spacial score (nSPS) is 22.0. The predicted molar refractivity (Wildman–Crippen MR) is 57.1 cm³/mol. The topological polar surface area (TPSA) is 0 Å². The van der Waals surface area contributed by atoms with E-state index in [2.05, 4.69) is 34.4 Å². The largest absolute Gasteiger partial charge is 0.106 e. The van der Waals surface area contributed by atoms with Crippen LogP contribution in [0, 0.1) is 0 Å². The second-order valence-corrected chi connectivity index (χ2v) is 4.42. The number of hydrogen-bond donors (Lipinski definition) is 0. The minimum atomic E-state index is 0.777. The summed E-state index contributed by atoms with van der Waals surface area (Å²) >= 11 is 0. The van der Waals surface area contributed by atoms with Crippen molar-refractivity contribution < 1.29 is 0 Å². The van der Waals surface area contributed by atoms with Crippen LogP contribution in [0.5, 0.6) is 0 Å². The lowest BCUT2D eigenvalue weighted by atomic mass is 9.84. The van der Waals surface area contributed by atoms with Gasteiger partial charge in [0, 0.05) is 0 Å². The Morgan fingerprint density at radius 1 is 1.42 bits per heavy atom. The highest BCUT2D eigenvalue weighted by atomic mass is 31.0. The Morgan fingerprint density at radius 3 is 3.08 bits per heavy atom. The van der Waals surface area contributed by atoms with E-state index in [1.54, 1.807) is 11.1 Å². The summed E-state index contributed by atoms with van der Waals surface area (Å²) in [6.07, 6.45) is 4.01. The van der Waals surface area contributed by atoms with Crippen LogP contribution in [0.15, 0.2) is 18.2 Å². The van der Waals surface area contributed by atoms with Crippen LogP contribution in [0.1, 0.15) is 36.8 Å². The van der Waals surface area contributed by atoms with Gasteiger partial charge in [0.05, 0.1) is 0 Å². The Hall–Kier alpha value is -0.350. The van der Waals surface area contributed by atoms with Crippen molar-refractivity contribution in [2.75, 3.05) is 0 Å². The summed E-state index contributed by atoms with van der Waals surface area (Å²) in [5.74, 6) is 0.777. The van der Waals surface area contributed by atoms with Crippen LogP contribution in [-0.4, -0.2) is 0 Å². The van der Waals surface area contributed by atoms with Crippen molar-refractivity contribution in [3.63, 3.8) is 0 Å². The van der Waals surface area contributed by atoms with E-state index in [1.807, 2.05) is 0 Å². The van der Waals surface area contributed by atoms with Gasteiger partial charge in [0.25, 0.3) is 0 Å². The van der Waals surface area contributed by atoms with Crippen LogP contribution in [0.25, 0.3) is 0 Å². The van der Waals surface area contributed by atoms with Gasteiger partial charge in [0.1, 0.15) is 0 Å². The van der Waals surface area contributed by atoms with Crippen LogP contribution in [0.3, 0.4) is 0 Å². The predicted octanol–water partition coefficient (Wildman–Crippen LogP) is 2.63. The number of fused-ring (bicyclic) bond motifs is 1. The molecule has 1 aliphatic carbocycles. The lowest BCUT2D eigenvalue weighted by Crippen LogP contribution is -2.09. The molecule has 1 aromatic carbocycles. The Labute approximate surface area is 76.6 Å². The first-order valence-corrected chi connectivity index (χ1v) is 5.23. The van der Waals surface area contributed by atoms with Gasteiger partial charge in [-0.1, -0.05) is 25.1 Å². The Balaban J connectivity index is 2.46. The number of benzene rings is 1. The molecule has 0 saturated carbocycles. The molecule has 0 heterocycles. The molecule has 2 rings (SSSR count). The third-order valence-electron chi connectivity index (χ3n) is 2.78. The molecule has 2 atom stereocenters. The van der Waals surface area contributed by atoms with E-state index in [1.165, 1.54) is 24.6 Å². The van der Waals surface area contributed by atoms with Gasteiger partial charge in [-0.2, -0.15) is 0 Å². The van der Waals surface area contributed by atoms with Gasteiger partial charge >= 0.3 is 0 Å². The summed E-state index contributed by atoms with van der Waals surface area (Å²) in [6.45, 7) is 2.33. The maximum atomic E-state index is 2.77. The maximum absolute atomic E-state index is 2.77. The molecule has 64 valence electrons. The number of aryl methyl sites for hydroxylation is 1. The molecule has 1 aromatic rings. The second kappa shape index (κ2) is 3.18. The molecule has 0 aromatic heterocycles. The SMILES string of the molecule is CC1CCCc2cc(P)ccc21. The van der Waals surface area contributed by atoms with Gasteiger partial charge in [-0.25, -0.2) is 0 Å². The van der Waals surface area contributed by atoms with Crippen molar-refractivity contribution in [1.29, 1.82) is 0 Å². The average Bonchev–Trinajstić information content (AvgIpc) is 2.04. The Bertz CT molecular complexity index is 291. The fourth-order valence-electron chi connectivity index (χ4n) is 2.08. The lowest BCUT2D eigenvalue weighted by molar-refractivity contribution is 0.591. The van der Waals surface area contributed by atoms with E-state index in [0.29, 0.717) is 0 Å². The molecule has 0 nitrogen and oxygen atoms in total. The molecule has 1 heteroatoms. The van der Waals surface area contributed by atoms with Gasteiger partial charge < -0.3 is 0 Å². The zero-order chi connectivity index (χ0) is 8.55. The minimum absolute atomic E-state index is 0.777. The first-order chi connectivity index (χ1) is 5.77. The van der Waals surface area contributed by atoms with Crippen molar-refractivity contribution in [2.45, 2.75) is 32.1 Å². The molecule has 1 aliphatic rings. The fraction of sp³-hybridized carbons (Fsp3) is 0.455. The highest BCUT2D eigenvalue weighted by molar-refractivity contribution is 7.27. The summed E-state index contributed by atoms with van der Waals surface area (Å²) < 4.78 is 0. The molecule has 0 amide bonds. The molecule has 0 saturated heterocycles. The standard InChI is InChI=1S/C11H15P/c1-8-3-2-4-9-7-10(12)5-6-11(8)9/h5-8H,2-4,12H2,1H3. The van der Waals surface area contributed by atoms with Crippen molar-refractivity contribution in [3.05, 3.63) is 29.3 Å². The number of hydrogen-bond acceptors (Lipinski definition) is 0. The van der Waals surface area contributed by atoms with Crippen molar-refractivity contribution in [1.82, 2.24) is 0 Å². The quantitative estimate of drug-likeness (QED) is 0.536. The van der Waals surface area contributed by atoms with E-state index < -0.39 is 0 Å². The summed E-state index contributed by atoms with van der Waals surface area (Å²) in [6, 6.07) is 6.81. The minimum Gasteiger partial charge on any atom is -0.106 e. The Morgan fingerprint density at radius 2 is 2.25 bits per heavy atom. The molecule has 0 fully saturated rings. The van der Waals surface area contributed by atoms with Crippen LogP contribution in [-0.2, 0) is 6.42 Å². The van der Waals surface area contributed by atoms with Crippen LogP contribution in [0.2, 0.25) is 0 Å². The second-order valence-electron chi connectivity index (χ2n) is 3.75. The molecule has 0 aliphatic heterocycles. The molecule has 0 N–H and O–H groups in total. The highest BCUT2D eigenvalue weighted by Crippen LogP contribution is 2.30. The Kier molecular flexibility index (Phi) is 2.19. The zero-order valence-electron chi connectivity index (χ0n) is 7.51. The molecule has 0 radical (unpaired) electrons. The average molecular weight is 178 g/mol. The molecular formula is C11H15P. The molecule has 0 bridgehead atoms. The lowest BCUT2D eigenvalue weighted by Gasteiger charge is -2.22. The van der Waals surface area contributed by atoms with Crippen LogP contribution in [0.4, 0.5) is 0 Å². The summed E-state index contributed by atoms with van der Waals surface area (Å²) in [5, 5.41) is 1.32. The highest BCUT2D eigenvalue weighted by Gasteiger charge is 2.15. The van der Waals surface area contributed by atoms with Gasteiger partial charge in [0.15, 0.2) is 0 Å². The van der Waals surface area contributed by atoms with E-state index >= 15 is 0 Å². The van der Waals surface area contributed by atoms with Gasteiger partial charge in [-0.3, -0.25) is 0 Å². The summed E-state index contributed by atoms with van der Waals surface area (Å²) in [4.78, 5) is 0. The van der Waals surface area contributed by atoms with E-state index in [9.17, 15) is 0 Å². The summed E-state index contributed by atoms with van der Waals surface area (Å²) in [7, 11) is 2.77. The van der Waals surface area contributed by atoms with E-state index in [0.717, 1.165) is 5.92 Å². The first-order valence-electron chi connectivity index (χ1n) is 4.65. The smallest absolute Gasteiger partial charge is 0.0188 e. The molecule has 2 unspecified atom stereocenters. The molecule has 0 spiro atoms. The van der Waals surface area contributed by atoms with E-state index in [4.69, 9.17) is 0 Å². The molecular weight excluding hydrogens is 163 g/mol. The van der Waals surface area contributed by atoms with E-state index in [-0.39, 0.29) is 0 Å². The molecule has 12 heavy (non-hydrogen) atoms. The maximum Gasteiger partial charge on any atom is -0.0188 e. The van der Waals surface area contributed by atoms with Crippen molar-refractivity contribution >= 4 is 14.5 Å². The van der Waals surface area contributed by atoms with Crippen LogP contribution < -0.4 is 5.30 Å².